The molecule has 0 saturated carbocycles. The Balaban J connectivity index is 1.94. The predicted octanol–water partition coefficient (Wildman–Crippen LogP) is 2.63. The molecular formula is C16H14FNO4. The molecule has 6 heteroatoms. The van der Waals surface area contributed by atoms with E-state index in [1.54, 1.807) is 24.3 Å². The van der Waals surface area contributed by atoms with Crippen LogP contribution in [0.4, 0.5) is 10.1 Å². The van der Waals surface area contributed by atoms with E-state index < -0.39 is 24.3 Å². The molecule has 0 radical (unpaired) electrons. The average molecular weight is 303 g/mol. The van der Waals surface area contributed by atoms with Crippen LogP contribution in [0.25, 0.3) is 0 Å². The molecule has 5 nitrogen and oxygen atoms in total. The van der Waals surface area contributed by atoms with Crippen molar-refractivity contribution in [3.8, 4) is 5.75 Å². The van der Waals surface area contributed by atoms with Crippen molar-refractivity contribution in [2.75, 3.05) is 19.0 Å². The van der Waals surface area contributed by atoms with Crippen LogP contribution in [-0.2, 0) is 9.53 Å². The molecule has 22 heavy (non-hydrogen) atoms. The maximum atomic E-state index is 13.4. The number of carbonyl (C=O) groups excluding carboxylic acids is 2. The molecule has 0 aliphatic heterocycles. The molecule has 0 atom stereocenters. The van der Waals surface area contributed by atoms with E-state index in [4.69, 9.17) is 9.47 Å². The van der Waals surface area contributed by atoms with Crippen molar-refractivity contribution in [2.24, 2.45) is 0 Å². The number of methoxy groups -OCH3 is 1. The molecular weight excluding hydrogens is 289 g/mol. The van der Waals surface area contributed by atoms with E-state index in [1.807, 2.05) is 0 Å². The van der Waals surface area contributed by atoms with Gasteiger partial charge in [0.15, 0.2) is 6.61 Å². The highest BCUT2D eigenvalue weighted by atomic mass is 19.1. The van der Waals surface area contributed by atoms with Crippen molar-refractivity contribution >= 4 is 17.6 Å². The van der Waals surface area contributed by atoms with E-state index in [1.165, 1.54) is 31.4 Å². The van der Waals surface area contributed by atoms with Crippen molar-refractivity contribution in [1.82, 2.24) is 0 Å². The van der Waals surface area contributed by atoms with Gasteiger partial charge < -0.3 is 14.8 Å². The summed E-state index contributed by atoms with van der Waals surface area (Å²) in [6.07, 6.45) is 0. The van der Waals surface area contributed by atoms with Crippen LogP contribution in [0, 0.1) is 5.82 Å². The molecule has 114 valence electrons. The summed E-state index contributed by atoms with van der Waals surface area (Å²) in [5, 5.41) is 2.32. The lowest BCUT2D eigenvalue weighted by atomic mass is 10.2. The Hall–Kier alpha value is -2.89. The van der Waals surface area contributed by atoms with Gasteiger partial charge in [-0.25, -0.2) is 9.18 Å². The third kappa shape index (κ3) is 3.82. The highest BCUT2D eigenvalue weighted by Crippen LogP contribution is 2.18. The molecule has 0 aromatic heterocycles. The summed E-state index contributed by atoms with van der Waals surface area (Å²) in [5.74, 6) is -1.54. The van der Waals surface area contributed by atoms with Gasteiger partial charge in [-0.2, -0.15) is 0 Å². The zero-order chi connectivity index (χ0) is 15.9. The second kappa shape index (κ2) is 7.21. The summed E-state index contributed by atoms with van der Waals surface area (Å²) in [6.45, 7) is -0.523. The number of rotatable bonds is 5. The highest BCUT2D eigenvalue weighted by molar-refractivity contribution is 5.96. The topological polar surface area (TPSA) is 64.6 Å². The number of benzene rings is 2. The van der Waals surface area contributed by atoms with Crippen molar-refractivity contribution in [3.05, 3.63) is 59.9 Å². The Bertz CT molecular complexity index is 687. The number of nitrogens with one attached hydrogen (secondary N) is 1. The van der Waals surface area contributed by atoms with Gasteiger partial charge in [-0.05, 0) is 24.3 Å². The summed E-state index contributed by atoms with van der Waals surface area (Å²) in [6, 6.07) is 12.2. The molecule has 2 aromatic carbocycles. The van der Waals surface area contributed by atoms with E-state index >= 15 is 0 Å². The van der Waals surface area contributed by atoms with Crippen molar-refractivity contribution in [3.63, 3.8) is 0 Å². The number of anilines is 1. The van der Waals surface area contributed by atoms with Gasteiger partial charge in [-0.3, -0.25) is 4.79 Å². The van der Waals surface area contributed by atoms with Gasteiger partial charge in [-0.1, -0.05) is 24.3 Å². The first-order valence-electron chi connectivity index (χ1n) is 6.46. The first-order valence-corrected chi connectivity index (χ1v) is 6.46. The van der Waals surface area contributed by atoms with Gasteiger partial charge in [0.25, 0.3) is 5.91 Å². The third-order valence-electron chi connectivity index (χ3n) is 2.81. The highest BCUT2D eigenvalue weighted by Gasteiger charge is 2.15. The maximum Gasteiger partial charge on any atom is 0.342 e. The molecule has 0 heterocycles. The molecule has 0 aliphatic carbocycles. The van der Waals surface area contributed by atoms with Gasteiger partial charge in [0.05, 0.1) is 12.8 Å². The van der Waals surface area contributed by atoms with Crippen LogP contribution < -0.4 is 10.1 Å². The van der Waals surface area contributed by atoms with Gasteiger partial charge in [0, 0.05) is 0 Å². The molecule has 2 rings (SSSR count). The fourth-order valence-corrected chi connectivity index (χ4v) is 1.77. The minimum absolute atomic E-state index is 0.0286. The van der Waals surface area contributed by atoms with Crippen LogP contribution in [0.15, 0.2) is 48.5 Å². The zero-order valence-corrected chi connectivity index (χ0v) is 11.8. The standard InChI is InChI=1S/C16H14FNO4/c1-21-14-9-5-2-6-11(14)16(20)22-10-15(19)18-13-8-4-3-7-12(13)17/h2-9H,10H2,1H3,(H,18,19). The number of carbonyl (C=O) groups is 2. The van der Waals surface area contributed by atoms with E-state index in [0.29, 0.717) is 5.75 Å². The molecule has 0 spiro atoms. The quantitative estimate of drug-likeness (QED) is 0.862. The normalized spacial score (nSPS) is 9.91. The first kappa shape index (κ1) is 15.5. The molecule has 0 fully saturated rings. The maximum absolute atomic E-state index is 13.4. The number of esters is 1. The Labute approximate surface area is 126 Å². The Morgan fingerprint density at radius 1 is 1.09 bits per heavy atom. The van der Waals surface area contributed by atoms with E-state index in [9.17, 15) is 14.0 Å². The minimum atomic E-state index is -0.693. The Morgan fingerprint density at radius 3 is 2.50 bits per heavy atom. The molecule has 1 N–H and O–H groups in total. The summed E-state index contributed by atoms with van der Waals surface area (Å²) in [7, 11) is 1.43. The van der Waals surface area contributed by atoms with Crippen molar-refractivity contribution in [1.29, 1.82) is 0 Å². The van der Waals surface area contributed by atoms with Gasteiger partial charge in [0.2, 0.25) is 0 Å². The summed E-state index contributed by atoms with van der Waals surface area (Å²) < 4.78 is 23.3. The lowest BCUT2D eigenvalue weighted by Crippen LogP contribution is -2.21. The molecule has 0 aliphatic rings. The number of hydrogen-bond donors (Lipinski definition) is 1. The van der Waals surface area contributed by atoms with Crippen LogP contribution in [-0.4, -0.2) is 25.6 Å². The van der Waals surface area contributed by atoms with Crippen LogP contribution in [0.1, 0.15) is 10.4 Å². The van der Waals surface area contributed by atoms with Gasteiger partial charge >= 0.3 is 5.97 Å². The second-order valence-electron chi connectivity index (χ2n) is 4.30. The van der Waals surface area contributed by atoms with Crippen LogP contribution in [0.2, 0.25) is 0 Å². The monoisotopic (exact) mass is 303 g/mol. The second-order valence-corrected chi connectivity index (χ2v) is 4.30. The number of hydrogen-bond acceptors (Lipinski definition) is 4. The molecule has 1 amide bonds. The van der Waals surface area contributed by atoms with E-state index in [0.717, 1.165) is 0 Å². The van der Waals surface area contributed by atoms with Crippen molar-refractivity contribution < 1.29 is 23.5 Å². The largest absolute Gasteiger partial charge is 0.496 e. The minimum Gasteiger partial charge on any atom is -0.496 e. The van der Waals surface area contributed by atoms with E-state index in [2.05, 4.69) is 5.32 Å². The third-order valence-corrected chi connectivity index (χ3v) is 2.81. The van der Waals surface area contributed by atoms with E-state index in [-0.39, 0.29) is 11.3 Å². The lowest BCUT2D eigenvalue weighted by molar-refractivity contribution is -0.119. The number of amides is 1. The molecule has 0 bridgehead atoms. The SMILES string of the molecule is COc1ccccc1C(=O)OCC(=O)Nc1ccccc1F. The van der Waals surface area contributed by atoms with Crippen molar-refractivity contribution in [2.45, 2.75) is 0 Å². The zero-order valence-electron chi connectivity index (χ0n) is 11.8. The lowest BCUT2D eigenvalue weighted by Gasteiger charge is -2.09. The molecule has 0 saturated heterocycles. The molecule has 2 aromatic rings. The number of ether oxygens (including phenoxy) is 2. The summed E-state index contributed by atoms with van der Waals surface area (Å²) in [4.78, 5) is 23.6. The predicted molar refractivity (Wildman–Crippen MR) is 78.3 cm³/mol. The smallest absolute Gasteiger partial charge is 0.342 e. The van der Waals surface area contributed by atoms with Gasteiger partial charge in [-0.15, -0.1) is 0 Å². The number of halogens is 1. The van der Waals surface area contributed by atoms with Crippen LogP contribution >= 0.6 is 0 Å². The summed E-state index contributed by atoms with van der Waals surface area (Å²) in [5.41, 5.74) is 0.240. The fraction of sp³-hybridized carbons (Fsp3) is 0.125. The Morgan fingerprint density at radius 2 is 1.77 bits per heavy atom. The fourth-order valence-electron chi connectivity index (χ4n) is 1.77. The average Bonchev–Trinajstić information content (AvgIpc) is 2.54. The van der Waals surface area contributed by atoms with Gasteiger partial charge in [0.1, 0.15) is 17.1 Å². The molecule has 0 unspecified atom stereocenters. The van der Waals surface area contributed by atoms with Crippen LogP contribution in [0.5, 0.6) is 5.75 Å². The summed E-state index contributed by atoms with van der Waals surface area (Å²) >= 11 is 0. The van der Waals surface area contributed by atoms with Crippen LogP contribution in [0.3, 0.4) is 0 Å². The Kier molecular flexibility index (Phi) is 5.08. The first-order chi connectivity index (χ1) is 10.6. The number of para-hydroxylation sites is 2.